The van der Waals surface area contributed by atoms with E-state index in [4.69, 9.17) is 18.9 Å². The van der Waals surface area contributed by atoms with Gasteiger partial charge in [-0.15, -0.1) is 0 Å². The molecule has 0 bridgehead atoms. The zero-order valence-electron chi connectivity index (χ0n) is 27.8. The maximum atomic E-state index is 7.09. The minimum absolute atomic E-state index is 0.793. The second-order valence-corrected chi connectivity index (χ2v) is 12.8. The van der Waals surface area contributed by atoms with Gasteiger partial charge >= 0.3 is 0 Å². The van der Waals surface area contributed by atoms with Gasteiger partial charge in [0.25, 0.3) is 0 Å². The van der Waals surface area contributed by atoms with Crippen molar-refractivity contribution in [1.29, 1.82) is 0 Å². The van der Waals surface area contributed by atoms with Gasteiger partial charge in [-0.05, 0) is 82.2 Å². The smallest absolute Gasteiger partial charge is 0.178 e. The van der Waals surface area contributed by atoms with Gasteiger partial charge in [-0.2, -0.15) is 0 Å². The molecule has 0 N–H and O–H groups in total. The molecule has 0 amide bonds. The van der Waals surface area contributed by atoms with Crippen LogP contribution < -0.4 is 18.9 Å². The van der Waals surface area contributed by atoms with E-state index >= 15 is 0 Å². The van der Waals surface area contributed by atoms with Crippen molar-refractivity contribution in [2.45, 2.75) is 11.2 Å². The van der Waals surface area contributed by atoms with Gasteiger partial charge in [-0.3, -0.25) is 0 Å². The Morgan fingerprint density at radius 2 is 0.760 bits per heavy atom. The fraction of sp³-hybridized carbons (Fsp3) is 0.0870. The van der Waals surface area contributed by atoms with Crippen molar-refractivity contribution in [1.82, 2.24) is 0 Å². The lowest BCUT2D eigenvalue weighted by Crippen LogP contribution is -2.36. The Morgan fingerprint density at radius 3 is 1.14 bits per heavy atom. The minimum atomic E-state index is -0.873. The molecule has 0 fully saturated rings. The molecule has 0 saturated heterocycles. The molecular formula is C46H34O4. The summed E-state index contributed by atoms with van der Waals surface area (Å²) in [5, 5.41) is 4.69. The fourth-order valence-corrected chi connectivity index (χ4v) is 7.49. The summed E-state index contributed by atoms with van der Waals surface area (Å²) in [7, 11) is 3.37. The lowest BCUT2D eigenvalue weighted by molar-refractivity contribution is 0.157. The number of hydrogen-bond donors (Lipinski definition) is 0. The molecule has 0 radical (unpaired) electrons. The van der Waals surface area contributed by atoms with E-state index in [9.17, 15) is 0 Å². The number of methoxy groups -OCH3 is 2. The lowest BCUT2D eigenvalue weighted by atomic mass is 9.79. The maximum absolute atomic E-state index is 7.09. The van der Waals surface area contributed by atoms with E-state index in [1.54, 1.807) is 14.2 Å². The highest BCUT2D eigenvalue weighted by molar-refractivity contribution is 5.95. The topological polar surface area (TPSA) is 36.9 Å². The molecule has 7 aromatic carbocycles. The molecule has 0 aromatic heterocycles. The van der Waals surface area contributed by atoms with Crippen LogP contribution in [0.5, 0.6) is 23.0 Å². The van der Waals surface area contributed by atoms with Gasteiger partial charge in [0.15, 0.2) is 11.2 Å². The van der Waals surface area contributed by atoms with Crippen LogP contribution in [-0.2, 0) is 11.2 Å². The van der Waals surface area contributed by atoms with E-state index in [0.717, 1.165) is 67.2 Å². The van der Waals surface area contributed by atoms with Crippen molar-refractivity contribution in [2.24, 2.45) is 0 Å². The molecule has 4 heteroatoms. The van der Waals surface area contributed by atoms with Gasteiger partial charge in [0.1, 0.15) is 23.0 Å². The van der Waals surface area contributed by atoms with Crippen LogP contribution >= 0.6 is 0 Å². The van der Waals surface area contributed by atoms with Crippen molar-refractivity contribution in [3.05, 3.63) is 191 Å². The molecule has 2 unspecified atom stereocenters. The quantitative estimate of drug-likeness (QED) is 0.179. The highest BCUT2D eigenvalue weighted by Gasteiger charge is 2.40. The summed E-state index contributed by atoms with van der Waals surface area (Å²) >= 11 is 0. The van der Waals surface area contributed by atoms with E-state index in [2.05, 4.69) is 146 Å². The minimum Gasteiger partial charge on any atom is -0.497 e. The normalized spacial score (nSPS) is 18.9. The summed E-state index contributed by atoms with van der Waals surface area (Å²) < 4.78 is 25.2. The summed E-state index contributed by atoms with van der Waals surface area (Å²) in [5.74, 6) is 3.26. The SMILES string of the molecule is COc1ccc(C2(c3ccc(C4(c5ccc(OC)cc5)C=Cc5c(ccc6ccccc56)O4)cc3)C=Cc3c(ccc4ccccc34)O2)cc1. The van der Waals surface area contributed by atoms with E-state index in [-0.39, 0.29) is 0 Å². The zero-order chi connectivity index (χ0) is 33.7. The van der Waals surface area contributed by atoms with Gasteiger partial charge in [-0.1, -0.05) is 109 Å². The molecule has 9 rings (SSSR count). The Kier molecular flexibility index (Phi) is 6.99. The molecule has 50 heavy (non-hydrogen) atoms. The van der Waals surface area contributed by atoms with Crippen LogP contribution in [-0.4, -0.2) is 14.2 Å². The molecule has 4 nitrogen and oxygen atoms in total. The molecular weight excluding hydrogens is 617 g/mol. The van der Waals surface area contributed by atoms with Gasteiger partial charge in [0.05, 0.1) is 14.2 Å². The first-order valence-corrected chi connectivity index (χ1v) is 16.8. The summed E-state index contributed by atoms with van der Waals surface area (Å²) in [5.41, 5.74) is 4.41. The molecule has 242 valence electrons. The Balaban J connectivity index is 1.18. The third-order valence-corrected chi connectivity index (χ3v) is 10.2. The van der Waals surface area contributed by atoms with Crippen LogP contribution in [0.25, 0.3) is 33.7 Å². The van der Waals surface area contributed by atoms with E-state index < -0.39 is 11.2 Å². The van der Waals surface area contributed by atoms with Crippen LogP contribution in [0, 0.1) is 0 Å². The number of benzene rings is 7. The number of hydrogen-bond acceptors (Lipinski definition) is 4. The first-order chi connectivity index (χ1) is 24.6. The van der Waals surface area contributed by atoms with Crippen molar-refractivity contribution in [3.63, 3.8) is 0 Å². The second kappa shape index (κ2) is 11.7. The van der Waals surface area contributed by atoms with Crippen molar-refractivity contribution < 1.29 is 18.9 Å². The average molecular weight is 651 g/mol. The fourth-order valence-electron chi connectivity index (χ4n) is 7.49. The van der Waals surface area contributed by atoms with E-state index in [1.165, 1.54) is 10.8 Å². The van der Waals surface area contributed by atoms with Crippen molar-refractivity contribution >= 4 is 33.7 Å². The van der Waals surface area contributed by atoms with E-state index in [0.29, 0.717) is 0 Å². The van der Waals surface area contributed by atoms with Gasteiger partial charge in [0, 0.05) is 33.4 Å². The molecule has 0 aliphatic carbocycles. The van der Waals surface area contributed by atoms with Gasteiger partial charge < -0.3 is 18.9 Å². The van der Waals surface area contributed by atoms with Crippen LogP contribution in [0.2, 0.25) is 0 Å². The zero-order valence-corrected chi connectivity index (χ0v) is 27.8. The Hall–Kier alpha value is -6.26. The second-order valence-electron chi connectivity index (χ2n) is 12.8. The predicted octanol–water partition coefficient (Wildman–Crippen LogP) is 10.7. The summed E-state index contributed by atoms with van der Waals surface area (Å²) in [6.07, 6.45) is 8.76. The third kappa shape index (κ3) is 4.67. The molecule has 2 aliphatic heterocycles. The largest absolute Gasteiger partial charge is 0.497 e. The monoisotopic (exact) mass is 650 g/mol. The van der Waals surface area contributed by atoms with Gasteiger partial charge in [-0.25, -0.2) is 0 Å². The average Bonchev–Trinajstić information content (AvgIpc) is 3.20. The number of rotatable bonds is 6. The van der Waals surface area contributed by atoms with Crippen LogP contribution in [0.4, 0.5) is 0 Å². The predicted molar refractivity (Wildman–Crippen MR) is 201 cm³/mol. The molecule has 2 atom stereocenters. The number of fused-ring (bicyclic) bond motifs is 6. The molecule has 0 spiro atoms. The molecule has 2 aliphatic rings. The Labute approximate surface area is 291 Å². The highest BCUT2D eigenvalue weighted by atomic mass is 16.5. The standard InChI is InChI=1S/C46H34O4/c1-47-37-21-17-35(18-22-37)45(29-27-41-39-9-5-3-7-31(39)11-25-43(41)49-45)33-13-15-34(16-14-33)46(36-19-23-38(48-2)24-20-36)30-28-42-40-10-6-4-8-32(40)12-26-44(42)50-46/h3-30H,1-2H3. The summed E-state index contributed by atoms with van der Waals surface area (Å²) in [4.78, 5) is 0. The molecule has 0 saturated carbocycles. The highest BCUT2D eigenvalue weighted by Crippen LogP contribution is 2.47. The van der Waals surface area contributed by atoms with Gasteiger partial charge in [0.2, 0.25) is 0 Å². The van der Waals surface area contributed by atoms with Crippen LogP contribution in [0.3, 0.4) is 0 Å². The summed E-state index contributed by atoms with van der Waals surface area (Å²) in [6.45, 7) is 0. The van der Waals surface area contributed by atoms with Crippen LogP contribution in [0.15, 0.2) is 158 Å². The lowest BCUT2D eigenvalue weighted by Gasteiger charge is -2.38. The first-order valence-electron chi connectivity index (χ1n) is 16.8. The van der Waals surface area contributed by atoms with E-state index in [1.807, 2.05) is 24.3 Å². The number of ether oxygens (including phenoxy) is 4. The third-order valence-electron chi connectivity index (χ3n) is 10.2. The summed E-state index contributed by atoms with van der Waals surface area (Å²) in [6, 6.07) is 50.1. The molecule has 2 heterocycles. The molecule has 7 aromatic rings. The van der Waals surface area contributed by atoms with Crippen molar-refractivity contribution in [3.8, 4) is 23.0 Å². The van der Waals surface area contributed by atoms with Crippen molar-refractivity contribution in [2.75, 3.05) is 14.2 Å². The maximum Gasteiger partial charge on any atom is 0.178 e. The van der Waals surface area contributed by atoms with Crippen LogP contribution in [0.1, 0.15) is 33.4 Å². The first kappa shape index (κ1) is 29.8. The Morgan fingerprint density at radius 1 is 0.400 bits per heavy atom. The Bertz CT molecular complexity index is 2270.